The maximum atomic E-state index is 11.0. The minimum absolute atomic E-state index is 0. The van der Waals surface area contributed by atoms with Gasteiger partial charge in [0.25, 0.3) is 5.69 Å². The van der Waals surface area contributed by atoms with Crippen LogP contribution in [0.15, 0.2) is 29.3 Å². The van der Waals surface area contributed by atoms with Crippen LogP contribution in [0.5, 0.6) is 0 Å². The molecule has 1 fully saturated rings. The summed E-state index contributed by atoms with van der Waals surface area (Å²) in [6.45, 7) is 5.49. The molecule has 1 aliphatic heterocycles. The van der Waals surface area contributed by atoms with Crippen molar-refractivity contribution in [3.63, 3.8) is 0 Å². The van der Waals surface area contributed by atoms with Gasteiger partial charge in [-0.1, -0.05) is 18.2 Å². The van der Waals surface area contributed by atoms with Crippen molar-refractivity contribution in [3.8, 4) is 0 Å². The third kappa shape index (κ3) is 6.57. The molecule has 0 aromatic heterocycles. The number of ether oxygens (including phenoxy) is 1. The van der Waals surface area contributed by atoms with Gasteiger partial charge in [0.15, 0.2) is 5.96 Å². The highest BCUT2D eigenvalue weighted by Crippen LogP contribution is 2.16. The third-order valence-corrected chi connectivity index (χ3v) is 3.68. The van der Waals surface area contributed by atoms with Crippen molar-refractivity contribution < 1.29 is 9.66 Å². The molecule has 1 aliphatic rings. The highest BCUT2D eigenvalue weighted by molar-refractivity contribution is 14.0. The van der Waals surface area contributed by atoms with E-state index >= 15 is 0 Å². The van der Waals surface area contributed by atoms with Crippen molar-refractivity contribution in [2.45, 2.75) is 6.54 Å². The summed E-state index contributed by atoms with van der Waals surface area (Å²) in [5, 5.41) is 17.3. The van der Waals surface area contributed by atoms with E-state index in [0.29, 0.717) is 18.1 Å². The molecular formula is C15H24IN5O3. The summed E-state index contributed by atoms with van der Waals surface area (Å²) in [4.78, 5) is 17.1. The second-order valence-electron chi connectivity index (χ2n) is 5.19. The molecule has 134 valence electrons. The molecule has 24 heavy (non-hydrogen) atoms. The molecule has 2 N–H and O–H groups in total. The van der Waals surface area contributed by atoms with Crippen molar-refractivity contribution in [1.29, 1.82) is 0 Å². The Bertz CT molecular complexity index is 550. The van der Waals surface area contributed by atoms with Crippen LogP contribution in [0.2, 0.25) is 0 Å². The van der Waals surface area contributed by atoms with E-state index in [9.17, 15) is 10.1 Å². The van der Waals surface area contributed by atoms with E-state index in [4.69, 9.17) is 4.74 Å². The second-order valence-corrected chi connectivity index (χ2v) is 5.19. The molecule has 0 radical (unpaired) electrons. The van der Waals surface area contributed by atoms with Crippen LogP contribution in [-0.2, 0) is 11.3 Å². The van der Waals surface area contributed by atoms with Crippen LogP contribution >= 0.6 is 24.0 Å². The fourth-order valence-corrected chi connectivity index (χ4v) is 2.40. The van der Waals surface area contributed by atoms with Gasteiger partial charge in [-0.05, 0) is 0 Å². The Hall–Kier alpha value is -1.46. The summed E-state index contributed by atoms with van der Waals surface area (Å²) in [6.07, 6.45) is 0. The van der Waals surface area contributed by atoms with Crippen LogP contribution in [0.1, 0.15) is 5.56 Å². The zero-order valence-corrected chi connectivity index (χ0v) is 16.1. The maximum absolute atomic E-state index is 11.0. The molecule has 0 saturated carbocycles. The zero-order chi connectivity index (χ0) is 16.5. The maximum Gasteiger partial charge on any atom is 0.274 e. The molecule has 1 heterocycles. The fourth-order valence-electron chi connectivity index (χ4n) is 2.40. The Balaban J connectivity index is 0.00000288. The Morgan fingerprint density at radius 3 is 2.71 bits per heavy atom. The van der Waals surface area contributed by atoms with E-state index in [-0.39, 0.29) is 34.6 Å². The monoisotopic (exact) mass is 449 g/mol. The lowest BCUT2D eigenvalue weighted by atomic mass is 10.2. The molecule has 0 atom stereocenters. The van der Waals surface area contributed by atoms with Gasteiger partial charge >= 0.3 is 0 Å². The average molecular weight is 449 g/mol. The smallest absolute Gasteiger partial charge is 0.274 e. The van der Waals surface area contributed by atoms with Crippen molar-refractivity contribution in [3.05, 3.63) is 39.9 Å². The minimum atomic E-state index is -0.369. The predicted molar refractivity (Wildman–Crippen MR) is 104 cm³/mol. The predicted octanol–water partition coefficient (Wildman–Crippen LogP) is 1.21. The number of guanidine groups is 1. The van der Waals surface area contributed by atoms with Crippen LogP contribution in [0.25, 0.3) is 0 Å². The number of nitro benzene ring substituents is 1. The summed E-state index contributed by atoms with van der Waals surface area (Å²) in [5.74, 6) is 0.636. The number of morpholine rings is 1. The normalized spacial score (nSPS) is 15.5. The Labute approximate surface area is 158 Å². The number of hydrogen-bond acceptors (Lipinski definition) is 5. The molecule has 1 aromatic rings. The van der Waals surface area contributed by atoms with Gasteiger partial charge in [0.05, 0.1) is 18.1 Å². The van der Waals surface area contributed by atoms with Crippen molar-refractivity contribution in [2.24, 2.45) is 4.99 Å². The van der Waals surface area contributed by atoms with Crippen LogP contribution in [0.3, 0.4) is 0 Å². The number of halogens is 1. The van der Waals surface area contributed by atoms with Gasteiger partial charge < -0.3 is 15.4 Å². The van der Waals surface area contributed by atoms with Gasteiger partial charge in [0, 0.05) is 51.4 Å². The molecule has 0 aliphatic carbocycles. The molecule has 0 spiro atoms. The number of aliphatic imine (C=N–C) groups is 1. The van der Waals surface area contributed by atoms with E-state index in [2.05, 4.69) is 20.5 Å². The minimum Gasteiger partial charge on any atom is -0.379 e. The molecule has 2 rings (SSSR count). The van der Waals surface area contributed by atoms with E-state index in [0.717, 1.165) is 39.4 Å². The van der Waals surface area contributed by atoms with E-state index < -0.39 is 0 Å². The summed E-state index contributed by atoms with van der Waals surface area (Å²) in [6, 6.07) is 6.70. The number of benzene rings is 1. The molecule has 1 saturated heterocycles. The van der Waals surface area contributed by atoms with Gasteiger partial charge in [0.2, 0.25) is 0 Å². The number of para-hydroxylation sites is 1. The summed E-state index contributed by atoms with van der Waals surface area (Å²) in [7, 11) is 1.68. The summed E-state index contributed by atoms with van der Waals surface area (Å²) >= 11 is 0. The Morgan fingerprint density at radius 1 is 1.33 bits per heavy atom. The number of nitrogens with zero attached hydrogens (tertiary/aromatic N) is 3. The molecule has 8 nitrogen and oxygen atoms in total. The number of nitrogens with one attached hydrogen (secondary N) is 2. The number of nitro groups is 1. The topological polar surface area (TPSA) is 92.0 Å². The number of hydrogen-bond donors (Lipinski definition) is 2. The lowest BCUT2D eigenvalue weighted by molar-refractivity contribution is -0.385. The first kappa shape index (κ1) is 20.6. The lowest BCUT2D eigenvalue weighted by Gasteiger charge is -2.26. The highest BCUT2D eigenvalue weighted by atomic mass is 127. The number of rotatable bonds is 6. The molecule has 1 aromatic carbocycles. The van der Waals surface area contributed by atoms with Gasteiger partial charge in [-0.3, -0.25) is 20.0 Å². The molecule has 0 unspecified atom stereocenters. The molecular weight excluding hydrogens is 425 g/mol. The van der Waals surface area contributed by atoms with Crippen LogP contribution in [-0.4, -0.2) is 62.2 Å². The highest BCUT2D eigenvalue weighted by Gasteiger charge is 2.13. The fraction of sp³-hybridized carbons (Fsp3) is 0.533. The van der Waals surface area contributed by atoms with E-state index in [1.807, 2.05) is 0 Å². The SMILES string of the molecule is CN=C(NCCN1CCOCC1)NCc1ccccc1[N+](=O)[O-].I. The van der Waals surface area contributed by atoms with Crippen molar-refractivity contribution in [1.82, 2.24) is 15.5 Å². The largest absolute Gasteiger partial charge is 0.379 e. The van der Waals surface area contributed by atoms with Crippen molar-refractivity contribution in [2.75, 3.05) is 46.4 Å². The van der Waals surface area contributed by atoms with Crippen LogP contribution in [0, 0.1) is 10.1 Å². The zero-order valence-electron chi connectivity index (χ0n) is 13.7. The summed E-state index contributed by atoms with van der Waals surface area (Å²) < 4.78 is 5.31. The summed E-state index contributed by atoms with van der Waals surface area (Å²) in [5.41, 5.74) is 0.748. The molecule has 0 amide bonds. The first-order valence-electron chi connectivity index (χ1n) is 7.67. The van der Waals surface area contributed by atoms with Crippen molar-refractivity contribution >= 4 is 35.6 Å². The molecule has 0 bridgehead atoms. The van der Waals surface area contributed by atoms with Gasteiger partial charge in [0.1, 0.15) is 0 Å². The first-order chi connectivity index (χ1) is 11.2. The molecule has 9 heteroatoms. The van der Waals surface area contributed by atoms with Gasteiger partial charge in [-0.2, -0.15) is 0 Å². The van der Waals surface area contributed by atoms with Gasteiger partial charge in [-0.15, -0.1) is 24.0 Å². The third-order valence-electron chi connectivity index (χ3n) is 3.68. The van der Waals surface area contributed by atoms with Gasteiger partial charge in [-0.25, -0.2) is 0 Å². The lowest BCUT2D eigenvalue weighted by Crippen LogP contribution is -2.44. The van der Waals surface area contributed by atoms with Crippen LogP contribution < -0.4 is 10.6 Å². The van der Waals surface area contributed by atoms with Crippen LogP contribution in [0.4, 0.5) is 5.69 Å². The average Bonchev–Trinajstić information content (AvgIpc) is 2.59. The second kappa shape index (κ2) is 11.2. The Kier molecular flexibility index (Phi) is 9.57. The van der Waals surface area contributed by atoms with E-state index in [1.165, 1.54) is 6.07 Å². The first-order valence-corrected chi connectivity index (χ1v) is 7.67. The Morgan fingerprint density at radius 2 is 2.04 bits per heavy atom. The quantitative estimate of drug-likeness (QED) is 0.223. The standard InChI is InChI=1S/C15H23N5O3.HI/c1-16-15(17-6-7-19-8-10-23-11-9-19)18-12-13-4-2-3-5-14(13)20(21)22;/h2-5H,6-12H2,1H3,(H2,16,17,18);1H. The van der Waals surface area contributed by atoms with E-state index in [1.54, 1.807) is 25.2 Å².